The molecule has 0 saturated heterocycles. The molecule has 102 valence electrons. The fourth-order valence-electron chi connectivity index (χ4n) is 2.84. The molecule has 0 atom stereocenters. The van der Waals surface area contributed by atoms with Gasteiger partial charge in [-0.2, -0.15) is 0 Å². The van der Waals surface area contributed by atoms with Gasteiger partial charge in [0.25, 0.3) is 0 Å². The van der Waals surface area contributed by atoms with Crippen LogP contribution in [0.3, 0.4) is 0 Å². The van der Waals surface area contributed by atoms with Crippen molar-refractivity contribution in [3.05, 3.63) is 53.1 Å². The summed E-state index contributed by atoms with van der Waals surface area (Å²) in [5.74, 6) is 0.299. The molecule has 3 heteroatoms. The van der Waals surface area contributed by atoms with Crippen molar-refractivity contribution < 1.29 is 10.3 Å². The van der Waals surface area contributed by atoms with Crippen LogP contribution in [0.2, 0.25) is 0 Å². The van der Waals surface area contributed by atoms with Crippen molar-refractivity contribution in [3.63, 3.8) is 0 Å². The minimum Gasteiger partial charge on any atom is -0.508 e. The summed E-state index contributed by atoms with van der Waals surface area (Å²) in [5, 5.41) is 21.7. The molecule has 20 heavy (non-hydrogen) atoms. The Bertz CT molecular complexity index is 689. The lowest BCUT2D eigenvalue weighted by atomic mass is 9.87. The number of hydrogen-bond acceptors (Lipinski definition) is 3. The average molecular weight is 267 g/mol. The van der Waals surface area contributed by atoms with E-state index in [2.05, 4.69) is 23.4 Å². The van der Waals surface area contributed by atoms with Gasteiger partial charge in [-0.3, -0.25) is 0 Å². The van der Waals surface area contributed by atoms with Gasteiger partial charge in [-0.25, -0.2) is 0 Å². The smallest absolute Gasteiger partial charge is 0.115 e. The van der Waals surface area contributed by atoms with Gasteiger partial charge >= 0.3 is 0 Å². The Morgan fingerprint density at radius 3 is 2.60 bits per heavy atom. The highest BCUT2D eigenvalue weighted by Crippen LogP contribution is 2.30. The van der Waals surface area contributed by atoms with Crippen molar-refractivity contribution >= 4 is 5.71 Å². The van der Waals surface area contributed by atoms with Gasteiger partial charge in [-0.05, 0) is 59.7 Å². The number of hydrogen-bond donors (Lipinski definition) is 2. The van der Waals surface area contributed by atoms with Gasteiger partial charge < -0.3 is 10.3 Å². The summed E-state index contributed by atoms with van der Waals surface area (Å²) in [4.78, 5) is 0. The van der Waals surface area contributed by atoms with Crippen LogP contribution in [0.4, 0.5) is 0 Å². The maximum atomic E-state index is 9.50. The van der Waals surface area contributed by atoms with Crippen molar-refractivity contribution in [3.8, 4) is 16.9 Å². The van der Waals surface area contributed by atoms with Gasteiger partial charge in [0.05, 0.1) is 5.71 Å². The topological polar surface area (TPSA) is 52.8 Å². The van der Waals surface area contributed by atoms with Crippen molar-refractivity contribution in [1.29, 1.82) is 0 Å². The number of benzene rings is 2. The van der Waals surface area contributed by atoms with E-state index >= 15 is 0 Å². The number of phenolic OH excluding ortho intramolecular Hbond substituents is 1. The summed E-state index contributed by atoms with van der Waals surface area (Å²) in [6, 6.07) is 11.9. The third-order valence-electron chi connectivity index (χ3n) is 3.95. The normalized spacial score (nSPS) is 16.1. The summed E-state index contributed by atoms with van der Waals surface area (Å²) < 4.78 is 0. The van der Waals surface area contributed by atoms with Gasteiger partial charge in [0.2, 0.25) is 0 Å². The summed E-state index contributed by atoms with van der Waals surface area (Å²) in [5.41, 5.74) is 6.80. The zero-order valence-electron chi connectivity index (χ0n) is 11.4. The van der Waals surface area contributed by atoms with Crippen molar-refractivity contribution in [2.45, 2.75) is 26.2 Å². The molecule has 2 aromatic rings. The Balaban J connectivity index is 2.01. The van der Waals surface area contributed by atoms with Gasteiger partial charge in [0, 0.05) is 6.42 Å². The molecular formula is C17H17NO2. The molecule has 0 bridgehead atoms. The Kier molecular flexibility index (Phi) is 3.18. The largest absolute Gasteiger partial charge is 0.508 e. The Hall–Kier alpha value is -2.29. The zero-order valence-corrected chi connectivity index (χ0v) is 11.4. The molecule has 0 aromatic heterocycles. The van der Waals surface area contributed by atoms with Crippen LogP contribution in [0, 0.1) is 6.92 Å². The van der Waals surface area contributed by atoms with Gasteiger partial charge in [0.1, 0.15) is 5.75 Å². The van der Waals surface area contributed by atoms with Gasteiger partial charge in [0.15, 0.2) is 0 Å². The maximum absolute atomic E-state index is 9.50. The first-order chi connectivity index (χ1) is 9.67. The quantitative estimate of drug-likeness (QED) is 0.611. The lowest BCUT2D eigenvalue weighted by Gasteiger charge is -2.18. The van der Waals surface area contributed by atoms with Gasteiger partial charge in [-0.15, -0.1) is 0 Å². The zero-order chi connectivity index (χ0) is 14.1. The molecule has 3 rings (SSSR count). The standard InChI is InChI=1S/C17H17NO2/c1-11-8-16(19)6-7-17(11)14-3-2-13-10-15(18-20)5-4-12(13)9-14/h2-3,6-9,19-20H,4-5,10H2,1H3/b18-15+. The molecule has 0 radical (unpaired) electrons. The van der Waals surface area contributed by atoms with Crippen LogP contribution in [0.1, 0.15) is 23.1 Å². The Labute approximate surface area is 118 Å². The first-order valence-electron chi connectivity index (χ1n) is 6.79. The molecule has 0 aliphatic heterocycles. The van der Waals surface area contributed by atoms with Crippen LogP contribution >= 0.6 is 0 Å². The highest BCUT2D eigenvalue weighted by Gasteiger charge is 2.15. The number of nitrogens with zero attached hydrogens (tertiary/aromatic N) is 1. The van der Waals surface area contributed by atoms with E-state index in [9.17, 15) is 5.11 Å². The van der Waals surface area contributed by atoms with E-state index in [4.69, 9.17) is 5.21 Å². The summed E-state index contributed by atoms with van der Waals surface area (Å²) in [7, 11) is 0. The van der Waals surface area contributed by atoms with Crippen molar-refractivity contribution in [2.24, 2.45) is 5.16 Å². The number of aromatic hydroxyl groups is 1. The summed E-state index contributed by atoms with van der Waals surface area (Å²) in [6.45, 7) is 2.00. The van der Waals surface area contributed by atoms with Crippen LogP contribution in [0.5, 0.6) is 5.75 Å². The molecule has 0 unspecified atom stereocenters. The van der Waals surface area contributed by atoms with Crippen LogP contribution in [-0.2, 0) is 12.8 Å². The summed E-state index contributed by atoms with van der Waals surface area (Å²) in [6.07, 6.45) is 2.47. The van der Waals surface area contributed by atoms with E-state index in [1.807, 2.05) is 13.0 Å². The molecule has 0 amide bonds. The van der Waals surface area contributed by atoms with E-state index in [0.29, 0.717) is 5.75 Å². The van der Waals surface area contributed by atoms with Gasteiger partial charge in [-0.1, -0.05) is 29.4 Å². The SMILES string of the molecule is Cc1cc(O)ccc1-c1ccc2c(c1)CC/C(=N\O)C2. The monoisotopic (exact) mass is 267 g/mol. The molecule has 1 aliphatic carbocycles. The number of phenols is 1. The second-order valence-electron chi connectivity index (χ2n) is 5.33. The first kappa shape index (κ1) is 12.7. The molecule has 0 heterocycles. The highest BCUT2D eigenvalue weighted by atomic mass is 16.4. The minimum atomic E-state index is 0.299. The van der Waals surface area contributed by atoms with E-state index in [0.717, 1.165) is 36.1 Å². The second-order valence-corrected chi connectivity index (χ2v) is 5.33. The fourth-order valence-corrected chi connectivity index (χ4v) is 2.84. The molecule has 2 N–H and O–H groups in total. The highest BCUT2D eigenvalue weighted by molar-refractivity contribution is 5.88. The number of aryl methyl sites for hydroxylation is 2. The summed E-state index contributed by atoms with van der Waals surface area (Å²) >= 11 is 0. The Morgan fingerprint density at radius 1 is 1.00 bits per heavy atom. The van der Waals surface area contributed by atoms with E-state index in [1.54, 1.807) is 12.1 Å². The number of rotatable bonds is 1. The molecule has 0 fully saturated rings. The van der Waals surface area contributed by atoms with E-state index < -0.39 is 0 Å². The second kappa shape index (κ2) is 5.00. The van der Waals surface area contributed by atoms with Crippen LogP contribution in [0.25, 0.3) is 11.1 Å². The number of fused-ring (bicyclic) bond motifs is 1. The fraction of sp³-hybridized carbons (Fsp3) is 0.235. The van der Waals surface area contributed by atoms with E-state index in [-0.39, 0.29) is 0 Å². The molecule has 0 spiro atoms. The minimum absolute atomic E-state index is 0.299. The first-order valence-corrected chi connectivity index (χ1v) is 6.79. The van der Waals surface area contributed by atoms with Crippen LogP contribution in [-0.4, -0.2) is 16.0 Å². The molecule has 1 aliphatic rings. The molecule has 3 nitrogen and oxygen atoms in total. The maximum Gasteiger partial charge on any atom is 0.115 e. The third kappa shape index (κ3) is 2.27. The predicted octanol–water partition coefficient (Wildman–Crippen LogP) is 3.69. The average Bonchev–Trinajstić information content (AvgIpc) is 2.46. The lowest BCUT2D eigenvalue weighted by molar-refractivity contribution is 0.316. The van der Waals surface area contributed by atoms with Crippen LogP contribution < -0.4 is 0 Å². The predicted molar refractivity (Wildman–Crippen MR) is 79.5 cm³/mol. The number of oxime groups is 1. The Morgan fingerprint density at radius 2 is 1.85 bits per heavy atom. The van der Waals surface area contributed by atoms with E-state index in [1.165, 1.54) is 16.7 Å². The molecule has 0 saturated carbocycles. The van der Waals surface area contributed by atoms with Crippen molar-refractivity contribution in [1.82, 2.24) is 0 Å². The molecule has 2 aromatic carbocycles. The molecular weight excluding hydrogens is 250 g/mol. The third-order valence-corrected chi connectivity index (χ3v) is 3.95. The van der Waals surface area contributed by atoms with Crippen molar-refractivity contribution in [2.75, 3.05) is 0 Å². The lowest BCUT2D eigenvalue weighted by Crippen LogP contribution is -2.13. The van der Waals surface area contributed by atoms with Crippen LogP contribution in [0.15, 0.2) is 41.6 Å².